The van der Waals surface area contributed by atoms with E-state index in [9.17, 15) is 0 Å². The summed E-state index contributed by atoms with van der Waals surface area (Å²) in [5.74, 6) is 0. The number of hydrogen-bond acceptors (Lipinski definition) is 2. The molecule has 3 heteroatoms. The summed E-state index contributed by atoms with van der Waals surface area (Å²) in [7, 11) is 0. The van der Waals surface area contributed by atoms with Crippen LogP contribution in [0.5, 0.6) is 0 Å². The summed E-state index contributed by atoms with van der Waals surface area (Å²) in [6, 6.07) is 7.02. The molecular weight excluding hydrogens is 300 g/mol. The second-order valence-electron chi connectivity index (χ2n) is 4.92. The Balaban J connectivity index is 3.02. The van der Waals surface area contributed by atoms with Crippen LogP contribution in [0, 0.1) is 0 Å². The first-order chi connectivity index (χ1) is 9.13. The molecule has 0 aliphatic carbocycles. The maximum absolute atomic E-state index is 3.59. The number of halogens is 1. The van der Waals surface area contributed by atoms with E-state index in [2.05, 4.69) is 72.0 Å². The average molecular weight is 327 g/mol. The molecule has 0 aliphatic heterocycles. The molecule has 19 heavy (non-hydrogen) atoms. The molecule has 1 unspecified atom stereocenters. The largest absolute Gasteiger partial charge is 0.372 e. The van der Waals surface area contributed by atoms with E-state index in [1.165, 1.54) is 24.1 Å². The van der Waals surface area contributed by atoms with Gasteiger partial charge in [0.25, 0.3) is 0 Å². The molecule has 1 atom stereocenters. The zero-order valence-electron chi connectivity index (χ0n) is 12.7. The Labute approximate surface area is 126 Å². The van der Waals surface area contributed by atoms with Gasteiger partial charge in [-0.3, -0.25) is 0 Å². The van der Waals surface area contributed by atoms with Crippen LogP contribution in [0.1, 0.15) is 52.1 Å². The lowest BCUT2D eigenvalue weighted by Crippen LogP contribution is -2.27. The number of rotatable bonds is 8. The highest BCUT2D eigenvalue weighted by Gasteiger charge is 2.14. The number of nitrogens with zero attached hydrogens (tertiary/aromatic N) is 1. The Morgan fingerprint density at radius 1 is 1.26 bits per heavy atom. The number of unbranched alkanes of at least 4 members (excludes halogenated alkanes) is 1. The van der Waals surface area contributed by atoms with Gasteiger partial charge in [-0.25, -0.2) is 0 Å². The molecule has 0 radical (unpaired) electrons. The fourth-order valence-corrected chi connectivity index (χ4v) is 2.75. The van der Waals surface area contributed by atoms with Crippen molar-refractivity contribution in [3.8, 4) is 0 Å². The van der Waals surface area contributed by atoms with Crippen molar-refractivity contribution in [3.63, 3.8) is 0 Å². The van der Waals surface area contributed by atoms with Gasteiger partial charge in [-0.05, 0) is 50.6 Å². The molecule has 0 fully saturated rings. The third kappa shape index (κ3) is 4.81. The first-order valence-electron chi connectivity index (χ1n) is 7.41. The molecule has 1 rings (SSSR count). The van der Waals surface area contributed by atoms with Crippen molar-refractivity contribution in [3.05, 3.63) is 28.2 Å². The number of hydrogen-bond donors (Lipinski definition) is 1. The van der Waals surface area contributed by atoms with E-state index in [1.54, 1.807) is 0 Å². The third-order valence-corrected chi connectivity index (χ3v) is 3.96. The van der Waals surface area contributed by atoms with Gasteiger partial charge in [0.2, 0.25) is 0 Å². The fraction of sp³-hybridized carbons (Fsp3) is 0.625. The molecule has 0 heterocycles. The van der Waals surface area contributed by atoms with Crippen LogP contribution in [-0.2, 0) is 0 Å². The number of nitrogens with one attached hydrogen (secondary N) is 1. The van der Waals surface area contributed by atoms with E-state index < -0.39 is 0 Å². The summed E-state index contributed by atoms with van der Waals surface area (Å²) < 4.78 is 1.16. The summed E-state index contributed by atoms with van der Waals surface area (Å²) in [5, 5.41) is 3.52. The summed E-state index contributed by atoms with van der Waals surface area (Å²) in [6.45, 7) is 12.1. The smallest absolute Gasteiger partial charge is 0.0415 e. The van der Waals surface area contributed by atoms with E-state index in [1.807, 2.05) is 0 Å². The quantitative estimate of drug-likeness (QED) is 0.741. The van der Waals surface area contributed by atoms with E-state index in [0.29, 0.717) is 6.04 Å². The van der Waals surface area contributed by atoms with Crippen molar-refractivity contribution in [1.82, 2.24) is 5.32 Å². The van der Waals surface area contributed by atoms with Crippen molar-refractivity contribution in [2.45, 2.75) is 46.6 Å². The first kappa shape index (κ1) is 16.5. The van der Waals surface area contributed by atoms with Crippen molar-refractivity contribution < 1.29 is 0 Å². The molecular formula is C16H27BrN2. The predicted molar refractivity (Wildman–Crippen MR) is 89.0 cm³/mol. The maximum atomic E-state index is 3.59. The lowest BCUT2D eigenvalue weighted by Gasteiger charge is -2.28. The highest BCUT2D eigenvalue weighted by molar-refractivity contribution is 9.10. The molecule has 0 saturated heterocycles. The first-order valence-corrected chi connectivity index (χ1v) is 8.21. The van der Waals surface area contributed by atoms with E-state index in [-0.39, 0.29) is 0 Å². The number of anilines is 1. The van der Waals surface area contributed by atoms with Crippen LogP contribution in [-0.4, -0.2) is 19.6 Å². The second kappa shape index (κ2) is 8.60. The van der Waals surface area contributed by atoms with Crippen LogP contribution in [0.15, 0.2) is 22.7 Å². The molecule has 1 aromatic rings. The molecule has 0 amide bonds. The molecule has 0 saturated carbocycles. The highest BCUT2D eigenvalue weighted by atomic mass is 79.9. The molecule has 0 aromatic heterocycles. The Morgan fingerprint density at radius 3 is 2.58 bits per heavy atom. The molecule has 0 bridgehead atoms. The van der Waals surface area contributed by atoms with Gasteiger partial charge in [0.1, 0.15) is 0 Å². The molecule has 108 valence electrons. The van der Waals surface area contributed by atoms with Crippen LogP contribution < -0.4 is 10.2 Å². The van der Waals surface area contributed by atoms with Gasteiger partial charge in [-0.2, -0.15) is 0 Å². The Kier molecular flexibility index (Phi) is 7.47. The minimum Gasteiger partial charge on any atom is -0.372 e. The van der Waals surface area contributed by atoms with E-state index in [0.717, 1.165) is 24.1 Å². The zero-order chi connectivity index (χ0) is 14.3. The topological polar surface area (TPSA) is 15.3 Å². The van der Waals surface area contributed by atoms with Gasteiger partial charge < -0.3 is 10.2 Å². The van der Waals surface area contributed by atoms with Crippen molar-refractivity contribution in [2.24, 2.45) is 0 Å². The molecule has 0 spiro atoms. The van der Waals surface area contributed by atoms with Crippen molar-refractivity contribution >= 4 is 21.6 Å². The Bertz CT molecular complexity index is 379. The summed E-state index contributed by atoms with van der Waals surface area (Å²) in [4.78, 5) is 2.49. The lowest BCUT2D eigenvalue weighted by molar-refractivity contribution is 0.594. The molecule has 1 aromatic carbocycles. The van der Waals surface area contributed by atoms with Crippen LogP contribution in [0.2, 0.25) is 0 Å². The standard InChI is InChI=1S/C16H27BrN2/c1-5-8-11-19(7-3)16-10-9-14(17)12-15(16)13(4)18-6-2/h9-10,12-13,18H,5-8,11H2,1-4H3. The molecule has 1 N–H and O–H groups in total. The van der Waals surface area contributed by atoms with Gasteiger partial charge in [0.05, 0.1) is 0 Å². The van der Waals surface area contributed by atoms with E-state index in [4.69, 9.17) is 0 Å². The number of benzene rings is 1. The predicted octanol–water partition coefficient (Wildman–Crippen LogP) is 4.75. The molecule has 2 nitrogen and oxygen atoms in total. The van der Waals surface area contributed by atoms with Gasteiger partial charge >= 0.3 is 0 Å². The summed E-state index contributed by atoms with van der Waals surface area (Å²) in [5.41, 5.74) is 2.75. The normalized spacial score (nSPS) is 12.5. The van der Waals surface area contributed by atoms with Gasteiger partial charge in [0.15, 0.2) is 0 Å². The van der Waals surface area contributed by atoms with Gasteiger partial charge in [-0.15, -0.1) is 0 Å². The monoisotopic (exact) mass is 326 g/mol. The van der Waals surface area contributed by atoms with Crippen LogP contribution in [0.25, 0.3) is 0 Å². The van der Waals surface area contributed by atoms with Crippen LogP contribution >= 0.6 is 15.9 Å². The van der Waals surface area contributed by atoms with Crippen LogP contribution in [0.4, 0.5) is 5.69 Å². The lowest BCUT2D eigenvalue weighted by atomic mass is 10.0. The summed E-state index contributed by atoms with van der Waals surface area (Å²) in [6.07, 6.45) is 2.49. The van der Waals surface area contributed by atoms with Crippen molar-refractivity contribution in [1.29, 1.82) is 0 Å². The van der Waals surface area contributed by atoms with Crippen LogP contribution in [0.3, 0.4) is 0 Å². The van der Waals surface area contributed by atoms with E-state index >= 15 is 0 Å². The SMILES string of the molecule is CCCCN(CC)c1ccc(Br)cc1C(C)NCC. The second-order valence-corrected chi connectivity index (χ2v) is 5.83. The zero-order valence-corrected chi connectivity index (χ0v) is 14.3. The average Bonchev–Trinajstić information content (AvgIpc) is 2.41. The van der Waals surface area contributed by atoms with Gasteiger partial charge in [0, 0.05) is 29.3 Å². The minimum absolute atomic E-state index is 0.383. The highest BCUT2D eigenvalue weighted by Crippen LogP contribution is 2.29. The third-order valence-electron chi connectivity index (χ3n) is 3.47. The Morgan fingerprint density at radius 2 is 2.00 bits per heavy atom. The summed E-state index contributed by atoms with van der Waals surface area (Å²) >= 11 is 3.59. The van der Waals surface area contributed by atoms with Crippen molar-refractivity contribution in [2.75, 3.05) is 24.5 Å². The Hall–Kier alpha value is -0.540. The molecule has 0 aliphatic rings. The maximum Gasteiger partial charge on any atom is 0.0415 e. The minimum atomic E-state index is 0.383. The fourth-order valence-electron chi connectivity index (χ4n) is 2.37. The van der Waals surface area contributed by atoms with Gasteiger partial charge in [-0.1, -0.05) is 36.2 Å².